The molecule has 4 rings (SSSR count). The van der Waals surface area contributed by atoms with Crippen molar-refractivity contribution in [3.63, 3.8) is 0 Å². The van der Waals surface area contributed by atoms with Crippen LogP contribution in [0.5, 0.6) is 0 Å². The second-order valence-corrected chi connectivity index (χ2v) is 7.96. The van der Waals surface area contributed by atoms with Crippen LogP contribution in [0.1, 0.15) is 29.4 Å². The molecule has 162 valence electrons. The van der Waals surface area contributed by atoms with Gasteiger partial charge >= 0.3 is 0 Å². The van der Waals surface area contributed by atoms with Crippen LogP contribution >= 0.6 is 0 Å². The van der Waals surface area contributed by atoms with Gasteiger partial charge in [0, 0.05) is 68.4 Å². The number of nitrogens with zero attached hydrogens (tertiary/aromatic N) is 6. The van der Waals surface area contributed by atoms with Crippen LogP contribution in [-0.2, 0) is 17.9 Å². The molecule has 1 saturated heterocycles. The van der Waals surface area contributed by atoms with E-state index in [9.17, 15) is 4.79 Å². The largest absolute Gasteiger partial charge is 0.337 e. The molecule has 1 aliphatic heterocycles. The number of para-hydroxylation sites is 1. The number of hydrogen-bond acceptors (Lipinski definition) is 4. The molecule has 7 heteroatoms. The molecule has 0 spiro atoms. The van der Waals surface area contributed by atoms with Gasteiger partial charge < -0.3 is 4.90 Å². The van der Waals surface area contributed by atoms with E-state index in [4.69, 9.17) is 5.10 Å². The average molecular weight is 419 g/mol. The van der Waals surface area contributed by atoms with Gasteiger partial charge in [-0.2, -0.15) is 10.2 Å². The molecule has 2 aromatic heterocycles. The van der Waals surface area contributed by atoms with Gasteiger partial charge in [-0.15, -0.1) is 0 Å². The first kappa shape index (κ1) is 21.1. The van der Waals surface area contributed by atoms with Gasteiger partial charge in [-0.05, 0) is 39.0 Å². The smallest absolute Gasteiger partial charge is 0.246 e. The number of carbonyl (C=O) groups is 1. The lowest BCUT2D eigenvalue weighted by Crippen LogP contribution is -2.47. The number of amides is 1. The minimum Gasteiger partial charge on any atom is -0.337 e. The number of hydrogen-bond donors (Lipinski definition) is 0. The van der Waals surface area contributed by atoms with E-state index in [2.05, 4.69) is 36.0 Å². The first-order chi connectivity index (χ1) is 15.0. The summed E-state index contributed by atoms with van der Waals surface area (Å²) in [4.78, 5) is 16.9. The minimum atomic E-state index is 0.0631. The fraction of sp³-hybridized carbons (Fsp3) is 0.375. The van der Waals surface area contributed by atoms with E-state index in [1.54, 1.807) is 12.3 Å². The molecule has 0 aliphatic carbocycles. The Morgan fingerprint density at radius 3 is 2.52 bits per heavy atom. The zero-order chi connectivity index (χ0) is 21.8. The van der Waals surface area contributed by atoms with Crippen molar-refractivity contribution in [1.82, 2.24) is 29.4 Å². The normalized spacial score (nSPS) is 15.1. The quantitative estimate of drug-likeness (QED) is 0.578. The van der Waals surface area contributed by atoms with Crippen molar-refractivity contribution in [2.45, 2.75) is 33.9 Å². The van der Waals surface area contributed by atoms with E-state index >= 15 is 0 Å². The van der Waals surface area contributed by atoms with Crippen LogP contribution in [0.2, 0.25) is 0 Å². The third-order valence-electron chi connectivity index (χ3n) is 5.90. The van der Waals surface area contributed by atoms with Gasteiger partial charge in [0.1, 0.15) is 0 Å². The molecule has 0 bridgehead atoms. The van der Waals surface area contributed by atoms with E-state index in [1.165, 1.54) is 11.3 Å². The maximum absolute atomic E-state index is 12.6. The van der Waals surface area contributed by atoms with Crippen LogP contribution in [0.4, 0.5) is 0 Å². The number of piperazine rings is 1. The van der Waals surface area contributed by atoms with Gasteiger partial charge in [0.25, 0.3) is 0 Å². The molecule has 1 amide bonds. The third kappa shape index (κ3) is 4.77. The monoisotopic (exact) mass is 418 g/mol. The number of aryl methyl sites for hydroxylation is 2. The molecule has 3 aromatic rings. The summed E-state index contributed by atoms with van der Waals surface area (Å²) in [6.45, 7) is 11.1. The predicted molar refractivity (Wildman–Crippen MR) is 122 cm³/mol. The summed E-state index contributed by atoms with van der Waals surface area (Å²) in [5.41, 5.74) is 5.56. The Labute approximate surface area is 183 Å². The summed E-state index contributed by atoms with van der Waals surface area (Å²) in [7, 11) is 0. The lowest BCUT2D eigenvalue weighted by atomic mass is 10.1. The lowest BCUT2D eigenvalue weighted by Gasteiger charge is -2.34. The Morgan fingerprint density at radius 2 is 1.84 bits per heavy atom. The number of aromatic nitrogens is 4. The third-order valence-corrected chi connectivity index (χ3v) is 5.90. The fourth-order valence-electron chi connectivity index (χ4n) is 3.99. The van der Waals surface area contributed by atoms with Crippen LogP contribution in [0.15, 0.2) is 48.8 Å². The van der Waals surface area contributed by atoms with Crippen LogP contribution in [0.3, 0.4) is 0 Å². The zero-order valence-corrected chi connectivity index (χ0v) is 18.5. The van der Waals surface area contributed by atoms with E-state index in [1.807, 2.05) is 51.7 Å². The Bertz CT molecular complexity index is 1060. The molecule has 7 nitrogen and oxygen atoms in total. The highest BCUT2D eigenvalue weighted by molar-refractivity contribution is 5.91. The highest BCUT2D eigenvalue weighted by Crippen LogP contribution is 2.20. The lowest BCUT2D eigenvalue weighted by molar-refractivity contribution is -0.127. The van der Waals surface area contributed by atoms with E-state index in [0.717, 1.165) is 56.2 Å². The van der Waals surface area contributed by atoms with Crippen LogP contribution in [-0.4, -0.2) is 61.4 Å². The second kappa shape index (κ2) is 9.31. The highest BCUT2D eigenvalue weighted by Gasteiger charge is 2.22. The first-order valence-corrected chi connectivity index (χ1v) is 10.9. The molecule has 0 saturated carbocycles. The molecular formula is C24H30N6O. The highest BCUT2D eigenvalue weighted by atomic mass is 16.2. The summed E-state index contributed by atoms with van der Waals surface area (Å²) < 4.78 is 3.88. The maximum atomic E-state index is 12.6. The maximum Gasteiger partial charge on any atom is 0.246 e. The van der Waals surface area contributed by atoms with Gasteiger partial charge in [0.2, 0.25) is 5.91 Å². The molecule has 3 heterocycles. The minimum absolute atomic E-state index is 0.0631. The van der Waals surface area contributed by atoms with Crippen molar-refractivity contribution in [3.8, 4) is 5.69 Å². The molecule has 31 heavy (non-hydrogen) atoms. The Hall–Kier alpha value is -3.19. The van der Waals surface area contributed by atoms with Crippen molar-refractivity contribution in [2.24, 2.45) is 0 Å². The summed E-state index contributed by atoms with van der Waals surface area (Å²) in [5, 5.41) is 9.00. The molecule has 0 atom stereocenters. The van der Waals surface area contributed by atoms with Crippen molar-refractivity contribution in [1.29, 1.82) is 0 Å². The molecule has 0 N–H and O–H groups in total. The van der Waals surface area contributed by atoms with Crippen LogP contribution < -0.4 is 0 Å². The van der Waals surface area contributed by atoms with E-state index in [-0.39, 0.29) is 5.91 Å². The Morgan fingerprint density at radius 1 is 1.10 bits per heavy atom. The number of carbonyl (C=O) groups excluding carboxylic acids is 1. The molecule has 1 aromatic carbocycles. The van der Waals surface area contributed by atoms with Crippen molar-refractivity contribution in [3.05, 3.63) is 71.3 Å². The zero-order valence-electron chi connectivity index (χ0n) is 18.5. The molecule has 1 fully saturated rings. The van der Waals surface area contributed by atoms with Gasteiger partial charge in [-0.25, -0.2) is 4.68 Å². The van der Waals surface area contributed by atoms with Crippen molar-refractivity contribution < 1.29 is 4.79 Å². The first-order valence-electron chi connectivity index (χ1n) is 10.9. The Kier molecular flexibility index (Phi) is 6.32. The van der Waals surface area contributed by atoms with Gasteiger partial charge in [-0.3, -0.25) is 14.4 Å². The predicted octanol–water partition coefficient (Wildman–Crippen LogP) is 3.06. The average Bonchev–Trinajstić information content (AvgIpc) is 3.38. The SMILES string of the molecule is CCn1cc(/C=C/C(=O)N2CCN(Cc3c(C)nn(-c4ccccc4)c3C)CC2)cn1. The second-order valence-electron chi connectivity index (χ2n) is 7.96. The molecule has 0 unspecified atom stereocenters. The van der Waals surface area contributed by atoms with Gasteiger partial charge in [-0.1, -0.05) is 18.2 Å². The molecule has 1 aliphatic rings. The standard InChI is InChI=1S/C24H30N6O/c1-4-29-17-21(16-25-29)10-11-24(31)28-14-12-27(13-15-28)18-23-19(2)26-30(20(23)3)22-8-6-5-7-9-22/h5-11,16-17H,4,12-15,18H2,1-3H3/b11-10+. The van der Waals surface area contributed by atoms with Crippen LogP contribution in [0, 0.1) is 13.8 Å². The van der Waals surface area contributed by atoms with Gasteiger partial charge in [0.15, 0.2) is 0 Å². The van der Waals surface area contributed by atoms with Crippen LogP contribution in [0.25, 0.3) is 11.8 Å². The van der Waals surface area contributed by atoms with E-state index < -0.39 is 0 Å². The number of rotatable bonds is 6. The van der Waals surface area contributed by atoms with Crippen molar-refractivity contribution in [2.75, 3.05) is 26.2 Å². The number of benzene rings is 1. The summed E-state index contributed by atoms with van der Waals surface area (Å²) in [6.07, 6.45) is 7.23. The van der Waals surface area contributed by atoms with Crippen molar-refractivity contribution >= 4 is 12.0 Å². The van der Waals surface area contributed by atoms with Gasteiger partial charge in [0.05, 0.1) is 17.6 Å². The molecular weight excluding hydrogens is 388 g/mol. The fourth-order valence-corrected chi connectivity index (χ4v) is 3.99. The van der Waals surface area contributed by atoms with E-state index in [0.29, 0.717) is 0 Å². The Balaban J connectivity index is 1.34. The summed E-state index contributed by atoms with van der Waals surface area (Å²) >= 11 is 0. The molecule has 0 radical (unpaired) electrons. The summed E-state index contributed by atoms with van der Waals surface area (Å²) in [6, 6.07) is 10.2. The topological polar surface area (TPSA) is 59.2 Å². The summed E-state index contributed by atoms with van der Waals surface area (Å²) in [5.74, 6) is 0.0631.